The summed E-state index contributed by atoms with van der Waals surface area (Å²) in [4.78, 5) is 95.5. The number of benzene rings is 2. The summed E-state index contributed by atoms with van der Waals surface area (Å²) in [6.45, 7) is 7.00. The Morgan fingerprint density at radius 1 is 0.933 bits per heavy atom. The molecule has 0 aliphatic carbocycles. The maximum absolute atomic E-state index is 15.4. The lowest BCUT2D eigenvalue weighted by Gasteiger charge is -2.35. The fourth-order valence-electron chi connectivity index (χ4n) is 8.66. The first-order valence-corrected chi connectivity index (χ1v) is 25.0. The number of alkyl halides is 4. The molecular weight excluding hydrogens is 1000 g/mol. The highest BCUT2D eigenvalue weighted by atomic mass is 32.1. The van der Waals surface area contributed by atoms with Crippen LogP contribution in [-0.4, -0.2) is 133 Å². The van der Waals surface area contributed by atoms with Crippen molar-refractivity contribution in [3.8, 4) is 33.3 Å². The Balaban J connectivity index is 0.846. The second-order valence-corrected chi connectivity index (χ2v) is 20.3. The number of nitrogens with one attached hydrogen (secondary N) is 3. The number of carbonyl (C=O) groups excluding carboxylic acids is 6. The predicted molar refractivity (Wildman–Crippen MR) is 265 cm³/mol. The van der Waals surface area contributed by atoms with E-state index < -0.39 is 90.0 Å². The molecule has 5 aromatic rings. The van der Waals surface area contributed by atoms with Gasteiger partial charge >= 0.3 is 6.36 Å². The molecule has 75 heavy (non-hydrogen) atoms. The quantitative estimate of drug-likeness (QED) is 0.0710. The van der Waals surface area contributed by atoms with Crippen LogP contribution in [0.15, 0.2) is 78.8 Å². The zero-order valence-electron chi connectivity index (χ0n) is 41.6. The van der Waals surface area contributed by atoms with Gasteiger partial charge in [-0.15, -0.1) is 24.5 Å². The molecule has 6 amide bonds. The number of aliphatic hydroxyl groups excluding tert-OH is 1. The number of nitrogens with zero attached hydrogens (tertiary/aromatic N) is 6. The molecule has 2 aliphatic heterocycles. The molecule has 400 valence electrons. The van der Waals surface area contributed by atoms with Crippen molar-refractivity contribution in [3.05, 3.63) is 101 Å². The van der Waals surface area contributed by atoms with Crippen molar-refractivity contribution in [2.45, 2.75) is 110 Å². The largest absolute Gasteiger partial charge is 0.573 e. The Kier molecular flexibility index (Phi) is 17.6. The number of primary amides is 1. The SMILES string of the molecule is Cc1ncsc1-c1ccc(CNC(=O)[C@@H]2C[C@@H](O)CN2C(=O)C(NC(=O)CNC(=O)CCCn2cnc(-c3cnc(O[C@@H]4CCN(C(=O)Cc5ccc(OC(F)(F)F)cc5)C[C@H]4F)c(C(N)=O)c3)c2)C(C)(C)C)cc1. The van der Waals surface area contributed by atoms with Crippen molar-refractivity contribution >= 4 is 46.8 Å². The van der Waals surface area contributed by atoms with Gasteiger partial charge in [0.15, 0.2) is 6.17 Å². The number of hydrogen-bond donors (Lipinski definition) is 5. The number of thiazole rings is 1. The molecule has 2 aliphatic rings. The normalized spacial score (nSPS) is 18.3. The number of imidazole rings is 1. The van der Waals surface area contributed by atoms with E-state index >= 15 is 4.39 Å². The van der Waals surface area contributed by atoms with Crippen LogP contribution in [0.5, 0.6) is 11.6 Å². The maximum Gasteiger partial charge on any atom is 0.573 e. The van der Waals surface area contributed by atoms with E-state index in [0.29, 0.717) is 29.8 Å². The van der Waals surface area contributed by atoms with E-state index in [9.17, 15) is 47.0 Å². The fourth-order valence-corrected chi connectivity index (χ4v) is 9.47. The van der Waals surface area contributed by atoms with Gasteiger partial charge < -0.3 is 50.6 Å². The first-order valence-electron chi connectivity index (χ1n) is 24.1. The van der Waals surface area contributed by atoms with Gasteiger partial charge in [-0.2, -0.15) is 0 Å². The van der Waals surface area contributed by atoms with Gasteiger partial charge in [-0.1, -0.05) is 57.2 Å². The van der Waals surface area contributed by atoms with Crippen LogP contribution in [0.1, 0.15) is 73.6 Å². The van der Waals surface area contributed by atoms with Crippen LogP contribution in [0.25, 0.3) is 21.7 Å². The number of likely N-dealkylation sites (tertiary alicyclic amines) is 2. The molecule has 0 bridgehead atoms. The summed E-state index contributed by atoms with van der Waals surface area (Å²) >= 11 is 1.54. The van der Waals surface area contributed by atoms with E-state index in [2.05, 4.69) is 35.6 Å². The van der Waals surface area contributed by atoms with Crippen LogP contribution in [0.3, 0.4) is 0 Å². The van der Waals surface area contributed by atoms with Crippen molar-refractivity contribution in [2.75, 3.05) is 26.2 Å². The average Bonchev–Trinajstić information content (AvgIpc) is 4.12. The second kappa shape index (κ2) is 23.8. The topological polar surface area (TPSA) is 253 Å². The fraction of sp³-hybridized carbons (Fsp3) is 0.431. The number of piperidine rings is 1. The molecule has 0 spiro atoms. The van der Waals surface area contributed by atoms with Gasteiger partial charge in [0, 0.05) is 63.4 Å². The van der Waals surface area contributed by atoms with E-state index in [1.54, 1.807) is 48.4 Å². The van der Waals surface area contributed by atoms with E-state index in [-0.39, 0.29) is 63.3 Å². The lowest BCUT2D eigenvalue weighted by atomic mass is 9.85. The number of aryl methyl sites for hydroxylation is 2. The molecular formula is C51H58F4N10O9S. The van der Waals surface area contributed by atoms with Gasteiger partial charge in [0.1, 0.15) is 29.5 Å². The minimum Gasteiger partial charge on any atom is -0.471 e. The smallest absolute Gasteiger partial charge is 0.471 e. The summed E-state index contributed by atoms with van der Waals surface area (Å²) < 4.78 is 64.3. The van der Waals surface area contributed by atoms with Gasteiger partial charge in [-0.3, -0.25) is 28.8 Å². The van der Waals surface area contributed by atoms with Crippen molar-refractivity contribution < 1.29 is 60.9 Å². The number of amides is 6. The number of hydrogen-bond acceptors (Lipinski definition) is 13. The van der Waals surface area contributed by atoms with Gasteiger partial charge in [-0.05, 0) is 53.6 Å². The maximum atomic E-state index is 15.4. The summed E-state index contributed by atoms with van der Waals surface area (Å²) in [6, 6.07) is 11.9. The van der Waals surface area contributed by atoms with Crippen LogP contribution in [-0.2, 0) is 43.5 Å². The minimum absolute atomic E-state index is 0.0273. The first-order chi connectivity index (χ1) is 35.5. The third-order valence-electron chi connectivity index (χ3n) is 12.6. The van der Waals surface area contributed by atoms with Crippen molar-refractivity contribution in [3.63, 3.8) is 0 Å². The number of β-amino-alcohol motifs (C(OH)–C–C–N with tert-alkyl or cyclic N) is 1. The summed E-state index contributed by atoms with van der Waals surface area (Å²) in [5.74, 6) is -4.02. The lowest BCUT2D eigenvalue weighted by Crippen LogP contribution is -2.58. The molecule has 6 N–H and O–H groups in total. The Hall–Kier alpha value is -7.47. The van der Waals surface area contributed by atoms with Crippen LogP contribution in [0.2, 0.25) is 0 Å². The molecule has 2 aromatic carbocycles. The molecule has 2 saturated heterocycles. The van der Waals surface area contributed by atoms with Gasteiger partial charge in [-0.25, -0.2) is 19.3 Å². The Morgan fingerprint density at radius 2 is 1.65 bits per heavy atom. The minimum atomic E-state index is -4.86. The van der Waals surface area contributed by atoms with Gasteiger partial charge in [0.05, 0.1) is 53.7 Å². The Labute approximate surface area is 433 Å². The number of halogens is 4. The summed E-state index contributed by atoms with van der Waals surface area (Å²) in [6.07, 6.45) is -3.76. The highest BCUT2D eigenvalue weighted by Gasteiger charge is 2.44. The molecule has 2 fully saturated rings. The zero-order chi connectivity index (χ0) is 54.2. The molecule has 1 unspecified atom stereocenters. The second-order valence-electron chi connectivity index (χ2n) is 19.4. The third kappa shape index (κ3) is 14.9. The van der Waals surface area contributed by atoms with Gasteiger partial charge in [0.25, 0.3) is 5.91 Å². The average molecular weight is 1060 g/mol. The van der Waals surface area contributed by atoms with Gasteiger partial charge in [0.2, 0.25) is 35.4 Å². The molecule has 7 rings (SSSR count). The van der Waals surface area contributed by atoms with Crippen molar-refractivity contribution in [1.29, 1.82) is 0 Å². The Bertz CT molecular complexity index is 2860. The summed E-state index contributed by atoms with van der Waals surface area (Å²) in [5.41, 5.74) is 10.5. The van der Waals surface area contributed by atoms with E-state index in [4.69, 9.17) is 10.5 Å². The monoisotopic (exact) mass is 1060 g/mol. The molecule has 24 heteroatoms. The van der Waals surface area contributed by atoms with Crippen LogP contribution in [0, 0.1) is 12.3 Å². The molecule has 0 radical (unpaired) electrons. The molecule has 3 aromatic heterocycles. The number of nitrogens with two attached hydrogens (primary N) is 1. The zero-order valence-corrected chi connectivity index (χ0v) is 42.4. The number of carbonyl (C=O) groups is 6. The third-order valence-corrected chi connectivity index (χ3v) is 13.6. The van der Waals surface area contributed by atoms with E-state index in [1.807, 2.05) is 31.2 Å². The lowest BCUT2D eigenvalue weighted by molar-refractivity contribution is -0.274. The van der Waals surface area contributed by atoms with Crippen molar-refractivity contribution in [2.24, 2.45) is 11.1 Å². The summed E-state index contributed by atoms with van der Waals surface area (Å²) in [7, 11) is 0. The summed E-state index contributed by atoms with van der Waals surface area (Å²) in [5, 5.41) is 18.8. The van der Waals surface area contributed by atoms with E-state index in [0.717, 1.165) is 33.8 Å². The number of rotatable bonds is 19. The van der Waals surface area contributed by atoms with E-state index in [1.165, 1.54) is 40.5 Å². The molecule has 0 saturated carbocycles. The molecule has 5 heterocycles. The first kappa shape index (κ1) is 55.3. The highest BCUT2D eigenvalue weighted by molar-refractivity contribution is 7.13. The number of ether oxygens (including phenoxy) is 2. The van der Waals surface area contributed by atoms with Crippen molar-refractivity contribution in [1.82, 2.24) is 45.3 Å². The number of pyridine rings is 1. The van der Waals surface area contributed by atoms with Crippen LogP contribution >= 0.6 is 11.3 Å². The number of aromatic nitrogens is 4. The number of aliphatic hydroxyl groups is 1. The Morgan fingerprint density at radius 3 is 2.31 bits per heavy atom. The van der Waals surface area contributed by atoms with Crippen LogP contribution < -0.4 is 31.2 Å². The van der Waals surface area contributed by atoms with Crippen LogP contribution in [0.4, 0.5) is 17.6 Å². The highest BCUT2D eigenvalue weighted by Crippen LogP contribution is 2.31. The molecule has 19 nitrogen and oxygen atoms in total. The predicted octanol–water partition coefficient (Wildman–Crippen LogP) is 4.64. The standard InChI is InChI=1S/C51H58F4N10O9S/c1-29-44(75-28-61-29)32-11-7-31(8-12-32)21-58-47(71)39-20-34(66)24-65(39)49(72)45(50(2,3)4)62-42(68)23-57-41(67)6-5-16-63-26-38(60-27-63)33-19-36(46(56)70)48(59-22-33)73-40-15-17-64(25-37(40)52)43(69)18-30-9-13-35(14-10-30)74-51(53,54)55/h7-14,19,22,26-28,34,37,39-40,45,66H,5-6,15-18,20-21,23-25H2,1-4H3,(H2,56,70)(H,57,67)(H,58,71)(H,62,68)/t34-,37-,39+,40-,45?/m1/s1. The molecule has 5 atom stereocenters.